The smallest absolute Gasteiger partial charge is 0.237 e. The molecule has 5 nitrogen and oxygen atoms in total. The molecule has 1 fully saturated rings. The van der Waals surface area contributed by atoms with Crippen molar-refractivity contribution in [1.82, 2.24) is 10.6 Å². The number of benzene rings is 1. The van der Waals surface area contributed by atoms with E-state index in [2.05, 4.69) is 10.6 Å². The van der Waals surface area contributed by atoms with Crippen molar-refractivity contribution in [1.29, 1.82) is 0 Å². The Balaban J connectivity index is 2.04. The molecule has 1 atom stereocenters. The van der Waals surface area contributed by atoms with E-state index in [1.54, 1.807) is 14.2 Å². The Morgan fingerprint density at radius 1 is 1.30 bits per heavy atom. The maximum Gasteiger partial charge on any atom is 0.237 e. The second kappa shape index (κ2) is 7.14. The van der Waals surface area contributed by atoms with Crippen LogP contribution in [-0.2, 0) is 11.3 Å². The third-order valence-corrected chi connectivity index (χ3v) is 3.56. The van der Waals surface area contributed by atoms with Crippen molar-refractivity contribution >= 4 is 5.91 Å². The zero-order chi connectivity index (χ0) is 14.4. The molecule has 1 aromatic rings. The van der Waals surface area contributed by atoms with Crippen molar-refractivity contribution in [2.45, 2.75) is 31.8 Å². The summed E-state index contributed by atoms with van der Waals surface area (Å²) in [6.07, 6.45) is 2.98. The molecule has 1 heterocycles. The molecule has 20 heavy (non-hydrogen) atoms. The van der Waals surface area contributed by atoms with E-state index < -0.39 is 0 Å². The average molecular weight is 278 g/mol. The lowest BCUT2D eigenvalue weighted by Crippen LogP contribution is -2.42. The standard InChI is InChI=1S/C15H22N2O3/c1-19-13-8-5-6-11(14(13)20-2)10-17-12-7-3-4-9-16-15(12)18/h5-6,8,12,17H,3-4,7,9-10H2,1-2H3,(H,16,18). The van der Waals surface area contributed by atoms with Crippen LogP contribution in [0.5, 0.6) is 11.5 Å². The van der Waals surface area contributed by atoms with Gasteiger partial charge in [0.25, 0.3) is 0 Å². The molecule has 0 aliphatic carbocycles. The molecule has 0 spiro atoms. The fourth-order valence-corrected chi connectivity index (χ4v) is 2.46. The molecule has 1 aromatic carbocycles. The molecule has 1 unspecified atom stereocenters. The Hall–Kier alpha value is -1.75. The van der Waals surface area contributed by atoms with Crippen molar-refractivity contribution in [3.8, 4) is 11.5 Å². The predicted molar refractivity (Wildman–Crippen MR) is 77.0 cm³/mol. The summed E-state index contributed by atoms with van der Waals surface area (Å²) in [7, 11) is 3.24. The van der Waals surface area contributed by atoms with Gasteiger partial charge in [-0.2, -0.15) is 0 Å². The van der Waals surface area contributed by atoms with Crippen LogP contribution < -0.4 is 20.1 Å². The summed E-state index contributed by atoms with van der Waals surface area (Å²) in [5.74, 6) is 1.51. The van der Waals surface area contributed by atoms with E-state index in [1.165, 1.54) is 0 Å². The molecule has 2 rings (SSSR count). The number of para-hydroxylation sites is 1. The molecule has 1 saturated heterocycles. The summed E-state index contributed by atoms with van der Waals surface area (Å²) in [5, 5.41) is 6.23. The summed E-state index contributed by atoms with van der Waals surface area (Å²) < 4.78 is 10.7. The summed E-state index contributed by atoms with van der Waals surface area (Å²) >= 11 is 0. The summed E-state index contributed by atoms with van der Waals surface area (Å²) in [6, 6.07) is 5.63. The quantitative estimate of drug-likeness (QED) is 0.856. The Labute approximate surface area is 119 Å². The SMILES string of the molecule is COc1cccc(CNC2CCCCNC2=O)c1OC. The van der Waals surface area contributed by atoms with Gasteiger partial charge in [-0.15, -0.1) is 0 Å². The largest absolute Gasteiger partial charge is 0.493 e. The minimum atomic E-state index is -0.131. The lowest BCUT2D eigenvalue weighted by atomic mass is 10.1. The van der Waals surface area contributed by atoms with Crippen molar-refractivity contribution in [2.24, 2.45) is 0 Å². The molecule has 2 N–H and O–H groups in total. The second-order valence-corrected chi connectivity index (χ2v) is 4.87. The van der Waals surface area contributed by atoms with Crippen LogP contribution in [0.1, 0.15) is 24.8 Å². The Morgan fingerprint density at radius 2 is 2.15 bits per heavy atom. The minimum Gasteiger partial charge on any atom is -0.493 e. The van der Waals surface area contributed by atoms with E-state index >= 15 is 0 Å². The lowest BCUT2D eigenvalue weighted by molar-refractivity contribution is -0.122. The minimum absolute atomic E-state index is 0.0874. The molecule has 1 amide bonds. The zero-order valence-corrected chi connectivity index (χ0v) is 12.1. The highest BCUT2D eigenvalue weighted by Gasteiger charge is 2.20. The molecule has 0 bridgehead atoms. The summed E-state index contributed by atoms with van der Waals surface area (Å²) in [4.78, 5) is 11.9. The monoisotopic (exact) mass is 278 g/mol. The van der Waals surface area contributed by atoms with Crippen molar-refractivity contribution in [3.63, 3.8) is 0 Å². The number of nitrogens with one attached hydrogen (secondary N) is 2. The van der Waals surface area contributed by atoms with E-state index in [9.17, 15) is 4.79 Å². The first-order valence-electron chi connectivity index (χ1n) is 6.97. The van der Waals surface area contributed by atoms with E-state index in [-0.39, 0.29) is 11.9 Å². The molecular weight excluding hydrogens is 256 g/mol. The van der Waals surface area contributed by atoms with Crippen molar-refractivity contribution in [2.75, 3.05) is 20.8 Å². The van der Waals surface area contributed by atoms with Crippen LogP contribution in [0.3, 0.4) is 0 Å². The topological polar surface area (TPSA) is 59.6 Å². The van der Waals surface area contributed by atoms with E-state index in [1.807, 2.05) is 18.2 Å². The molecular formula is C15H22N2O3. The summed E-state index contributed by atoms with van der Waals surface area (Å²) in [5.41, 5.74) is 0.990. The first kappa shape index (κ1) is 14.7. The maximum atomic E-state index is 11.9. The molecule has 1 aliphatic heterocycles. The van der Waals surface area contributed by atoms with Gasteiger partial charge in [0.2, 0.25) is 5.91 Å². The van der Waals surface area contributed by atoms with Crippen LogP contribution in [0, 0.1) is 0 Å². The molecule has 1 aliphatic rings. The number of hydrogen-bond acceptors (Lipinski definition) is 4. The predicted octanol–water partition coefficient (Wildman–Crippen LogP) is 1.46. The number of amides is 1. The van der Waals surface area contributed by atoms with E-state index in [4.69, 9.17) is 9.47 Å². The number of methoxy groups -OCH3 is 2. The maximum absolute atomic E-state index is 11.9. The molecule has 0 saturated carbocycles. The number of carbonyl (C=O) groups is 1. The van der Waals surface area contributed by atoms with Crippen LogP contribution in [0.25, 0.3) is 0 Å². The third-order valence-electron chi connectivity index (χ3n) is 3.56. The second-order valence-electron chi connectivity index (χ2n) is 4.87. The van der Waals surface area contributed by atoms with Gasteiger partial charge in [0.05, 0.1) is 20.3 Å². The Morgan fingerprint density at radius 3 is 2.90 bits per heavy atom. The van der Waals surface area contributed by atoms with Gasteiger partial charge < -0.3 is 20.1 Å². The van der Waals surface area contributed by atoms with Crippen molar-refractivity contribution in [3.05, 3.63) is 23.8 Å². The van der Waals surface area contributed by atoms with E-state index in [0.29, 0.717) is 12.3 Å². The van der Waals surface area contributed by atoms with Crippen LogP contribution in [0.2, 0.25) is 0 Å². The van der Waals surface area contributed by atoms with Crippen LogP contribution >= 0.6 is 0 Å². The van der Waals surface area contributed by atoms with Gasteiger partial charge in [0.1, 0.15) is 0 Å². The Bertz CT molecular complexity index is 462. The molecule has 0 radical (unpaired) electrons. The van der Waals surface area contributed by atoms with Crippen molar-refractivity contribution < 1.29 is 14.3 Å². The van der Waals surface area contributed by atoms with Gasteiger partial charge >= 0.3 is 0 Å². The van der Waals surface area contributed by atoms with Gasteiger partial charge in [-0.05, 0) is 25.3 Å². The van der Waals surface area contributed by atoms with Crippen LogP contribution in [0.15, 0.2) is 18.2 Å². The lowest BCUT2D eigenvalue weighted by Gasteiger charge is -2.17. The zero-order valence-electron chi connectivity index (χ0n) is 12.1. The highest BCUT2D eigenvalue weighted by molar-refractivity contribution is 5.81. The van der Waals surface area contributed by atoms with Gasteiger partial charge in [0, 0.05) is 18.7 Å². The van der Waals surface area contributed by atoms with Gasteiger partial charge in [0.15, 0.2) is 11.5 Å². The number of hydrogen-bond donors (Lipinski definition) is 2. The molecule has 5 heteroatoms. The number of ether oxygens (including phenoxy) is 2. The first-order valence-corrected chi connectivity index (χ1v) is 6.97. The normalized spacial score (nSPS) is 19.1. The van der Waals surface area contributed by atoms with E-state index in [0.717, 1.165) is 37.1 Å². The van der Waals surface area contributed by atoms with Crippen LogP contribution in [0.4, 0.5) is 0 Å². The fraction of sp³-hybridized carbons (Fsp3) is 0.533. The number of rotatable bonds is 5. The molecule has 110 valence electrons. The highest BCUT2D eigenvalue weighted by atomic mass is 16.5. The fourth-order valence-electron chi connectivity index (χ4n) is 2.46. The average Bonchev–Trinajstić information content (AvgIpc) is 2.69. The van der Waals surface area contributed by atoms with Crippen LogP contribution in [-0.4, -0.2) is 32.7 Å². The highest BCUT2D eigenvalue weighted by Crippen LogP contribution is 2.30. The van der Waals surface area contributed by atoms with Gasteiger partial charge in [-0.1, -0.05) is 12.1 Å². The Kier molecular flexibility index (Phi) is 5.24. The summed E-state index contributed by atoms with van der Waals surface area (Å²) in [6.45, 7) is 1.36. The third kappa shape index (κ3) is 3.42. The first-order chi connectivity index (χ1) is 9.76. The number of carbonyl (C=O) groups excluding carboxylic acids is 1. The van der Waals surface area contributed by atoms with Gasteiger partial charge in [-0.25, -0.2) is 0 Å². The van der Waals surface area contributed by atoms with Gasteiger partial charge in [-0.3, -0.25) is 4.79 Å². The molecule has 0 aromatic heterocycles.